The molecule has 23 heavy (non-hydrogen) atoms. The summed E-state index contributed by atoms with van der Waals surface area (Å²) in [5.41, 5.74) is 1.55. The molecule has 1 N–H and O–H groups in total. The summed E-state index contributed by atoms with van der Waals surface area (Å²) in [4.78, 5) is 15.8. The minimum absolute atomic E-state index is 0.0224. The van der Waals surface area contributed by atoms with Crippen LogP contribution in [-0.4, -0.2) is 25.9 Å². The molecular formula is C17H20N2O3S. The smallest absolute Gasteiger partial charge is 0.219 e. The molecular weight excluding hydrogens is 312 g/mol. The number of benzene rings is 1. The van der Waals surface area contributed by atoms with Crippen LogP contribution in [0, 0.1) is 6.92 Å². The Kier molecular flexibility index (Phi) is 5.50. The van der Waals surface area contributed by atoms with Gasteiger partial charge in [0.15, 0.2) is 9.84 Å². The van der Waals surface area contributed by atoms with Crippen molar-refractivity contribution in [2.75, 3.05) is 6.54 Å². The highest BCUT2D eigenvalue weighted by Gasteiger charge is 2.29. The Balaban J connectivity index is 2.39. The number of rotatable bonds is 6. The van der Waals surface area contributed by atoms with Gasteiger partial charge in [-0.1, -0.05) is 30.7 Å². The van der Waals surface area contributed by atoms with Gasteiger partial charge in [-0.15, -0.1) is 0 Å². The van der Waals surface area contributed by atoms with Gasteiger partial charge < -0.3 is 5.32 Å². The molecule has 122 valence electrons. The van der Waals surface area contributed by atoms with Crippen molar-refractivity contribution < 1.29 is 13.2 Å². The number of nitrogens with zero attached hydrogens (tertiary/aromatic N) is 1. The molecule has 0 aliphatic heterocycles. The Morgan fingerprint density at radius 3 is 2.48 bits per heavy atom. The van der Waals surface area contributed by atoms with Gasteiger partial charge in [-0.3, -0.25) is 9.78 Å². The third-order valence-electron chi connectivity index (χ3n) is 3.59. The molecule has 0 aliphatic rings. The predicted octanol–water partition coefficient (Wildman–Crippen LogP) is 2.43. The number of pyridine rings is 1. The minimum Gasteiger partial charge on any atom is -0.354 e. The molecule has 0 saturated heterocycles. The van der Waals surface area contributed by atoms with E-state index in [2.05, 4.69) is 10.3 Å². The van der Waals surface area contributed by atoms with Crippen molar-refractivity contribution in [1.29, 1.82) is 0 Å². The molecule has 0 fully saturated rings. The highest BCUT2D eigenvalue weighted by atomic mass is 32.2. The fourth-order valence-corrected chi connectivity index (χ4v) is 3.84. The van der Waals surface area contributed by atoms with Gasteiger partial charge in [0.2, 0.25) is 5.91 Å². The Labute approximate surface area is 136 Å². The van der Waals surface area contributed by atoms with Gasteiger partial charge in [0.25, 0.3) is 0 Å². The third kappa shape index (κ3) is 4.16. The van der Waals surface area contributed by atoms with Crippen LogP contribution in [0.4, 0.5) is 0 Å². The summed E-state index contributed by atoms with van der Waals surface area (Å²) >= 11 is 0. The van der Waals surface area contributed by atoms with Crippen molar-refractivity contribution in [1.82, 2.24) is 10.3 Å². The van der Waals surface area contributed by atoms with Crippen molar-refractivity contribution in [3.05, 3.63) is 59.9 Å². The molecule has 0 radical (unpaired) electrons. The molecule has 1 atom stereocenters. The first-order valence-corrected chi connectivity index (χ1v) is 8.97. The fourth-order valence-electron chi connectivity index (χ4n) is 2.20. The van der Waals surface area contributed by atoms with E-state index >= 15 is 0 Å². The number of carbonyl (C=O) groups is 1. The topological polar surface area (TPSA) is 76.1 Å². The number of hydrogen-bond acceptors (Lipinski definition) is 4. The van der Waals surface area contributed by atoms with E-state index in [0.717, 1.165) is 5.56 Å². The average Bonchev–Trinajstić information content (AvgIpc) is 2.56. The second-order valence-corrected chi connectivity index (χ2v) is 7.42. The zero-order valence-corrected chi connectivity index (χ0v) is 14.0. The molecule has 0 spiro atoms. The monoisotopic (exact) mass is 332 g/mol. The second-order valence-electron chi connectivity index (χ2n) is 5.29. The Morgan fingerprint density at radius 1 is 1.22 bits per heavy atom. The lowest BCUT2D eigenvalue weighted by Crippen LogP contribution is -2.31. The van der Waals surface area contributed by atoms with Gasteiger partial charge in [0.1, 0.15) is 5.25 Å². The normalized spacial score (nSPS) is 12.6. The third-order valence-corrected chi connectivity index (χ3v) is 5.70. The average molecular weight is 332 g/mol. The largest absolute Gasteiger partial charge is 0.354 e. The SMILES string of the molecule is CCC(=O)NC[C@H](c1cccnc1)S(=O)(=O)c1ccc(C)cc1. The number of carbonyl (C=O) groups excluding carboxylic acids is 1. The molecule has 0 bridgehead atoms. The summed E-state index contributed by atoms with van der Waals surface area (Å²) in [6, 6.07) is 10.1. The van der Waals surface area contributed by atoms with E-state index in [4.69, 9.17) is 0 Å². The van der Waals surface area contributed by atoms with Crippen LogP contribution in [0.5, 0.6) is 0 Å². The lowest BCUT2D eigenvalue weighted by atomic mass is 10.2. The quantitative estimate of drug-likeness (QED) is 0.881. The van der Waals surface area contributed by atoms with Gasteiger partial charge in [-0.2, -0.15) is 0 Å². The van der Waals surface area contributed by atoms with Crippen molar-refractivity contribution in [3.63, 3.8) is 0 Å². The van der Waals surface area contributed by atoms with E-state index in [0.29, 0.717) is 12.0 Å². The standard InChI is InChI=1S/C17H20N2O3S/c1-3-17(20)19-12-16(14-5-4-10-18-11-14)23(21,22)15-8-6-13(2)7-9-15/h4-11,16H,3,12H2,1-2H3,(H,19,20)/t16-/m1/s1. The number of hydrogen-bond donors (Lipinski definition) is 1. The first-order chi connectivity index (χ1) is 10.9. The van der Waals surface area contributed by atoms with Crippen molar-refractivity contribution in [2.24, 2.45) is 0 Å². The number of aromatic nitrogens is 1. The van der Waals surface area contributed by atoms with E-state index in [9.17, 15) is 13.2 Å². The van der Waals surface area contributed by atoms with Crippen LogP contribution in [0.1, 0.15) is 29.7 Å². The number of aryl methyl sites for hydroxylation is 1. The van der Waals surface area contributed by atoms with E-state index < -0.39 is 15.1 Å². The maximum Gasteiger partial charge on any atom is 0.219 e. The molecule has 6 heteroatoms. The summed E-state index contributed by atoms with van der Waals surface area (Å²) in [5, 5.41) is 1.81. The van der Waals surface area contributed by atoms with Crippen LogP contribution < -0.4 is 5.32 Å². The maximum absolute atomic E-state index is 13.0. The first-order valence-electron chi connectivity index (χ1n) is 7.42. The molecule has 1 heterocycles. The highest BCUT2D eigenvalue weighted by molar-refractivity contribution is 7.91. The predicted molar refractivity (Wildman–Crippen MR) is 88.6 cm³/mol. The Bertz CT molecular complexity index is 756. The lowest BCUT2D eigenvalue weighted by molar-refractivity contribution is -0.120. The highest BCUT2D eigenvalue weighted by Crippen LogP contribution is 2.28. The van der Waals surface area contributed by atoms with Gasteiger partial charge in [-0.25, -0.2) is 8.42 Å². The molecule has 5 nitrogen and oxygen atoms in total. The molecule has 1 aromatic carbocycles. The van der Waals surface area contributed by atoms with Crippen molar-refractivity contribution >= 4 is 15.7 Å². The van der Waals surface area contributed by atoms with Crippen LogP contribution >= 0.6 is 0 Å². The molecule has 2 aromatic rings. The van der Waals surface area contributed by atoms with Gasteiger partial charge in [0, 0.05) is 25.4 Å². The molecule has 0 saturated carbocycles. The van der Waals surface area contributed by atoms with Gasteiger partial charge in [0.05, 0.1) is 4.90 Å². The van der Waals surface area contributed by atoms with Gasteiger partial charge >= 0.3 is 0 Å². The van der Waals surface area contributed by atoms with Crippen LogP contribution in [0.2, 0.25) is 0 Å². The summed E-state index contributed by atoms with van der Waals surface area (Å²) < 4.78 is 25.9. The summed E-state index contributed by atoms with van der Waals surface area (Å²) in [6.07, 6.45) is 3.42. The lowest BCUT2D eigenvalue weighted by Gasteiger charge is -2.18. The fraction of sp³-hybridized carbons (Fsp3) is 0.294. The summed E-state index contributed by atoms with van der Waals surface area (Å²) in [7, 11) is -3.63. The second kappa shape index (κ2) is 7.37. The zero-order valence-electron chi connectivity index (χ0n) is 13.2. The molecule has 1 amide bonds. The van der Waals surface area contributed by atoms with Crippen LogP contribution in [-0.2, 0) is 14.6 Å². The molecule has 2 rings (SSSR count). The summed E-state index contributed by atoms with van der Waals surface area (Å²) in [6.45, 7) is 3.65. The zero-order chi connectivity index (χ0) is 16.9. The Morgan fingerprint density at radius 2 is 1.91 bits per heavy atom. The first kappa shape index (κ1) is 17.1. The van der Waals surface area contributed by atoms with E-state index in [1.54, 1.807) is 49.5 Å². The molecule has 0 aliphatic carbocycles. The minimum atomic E-state index is -3.63. The van der Waals surface area contributed by atoms with Crippen LogP contribution in [0.3, 0.4) is 0 Å². The summed E-state index contributed by atoms with van der Waals surface area (Å²) in [5.74, 6) is -0.182. The van der Waals surface area contributed by atoms with Crippen LogP contribution in [0.25, 0.3) is 0 Å². The van der Waals surface area contributed by atoms with Gasteiger partial charge in [-0.05, 0) is 30.7 Å². The molecule has 0 unspecified atom stereocenters. The maximum atomic E-state index is 13.0. The number of sulfone groups is 1. The number of amides is 1. The van der Waals surface area contributed by atoms with E-state index in [1.165, 1.54) is 6.20 Å². The molecule has 1 aromatic heterocycles. The van der Waals surface area contributed by atoms with Crippen molar-refractivity contribution in [3.8, 4) is 0 Å². The Hall–Kier alpha value is -2.21. The number of nitrogens with one attached hydrogen (secondary N) is 1. The van der Waals surface area contributed by atoms with Crippen LogP contribution in [0.15, 0.2) is 53.7 Å². The van der Waals surface area contributed by atoms with Crippen molar-refractivity contribution in [2.45, 2.75) is 30.4 Å². The van der Waals surface area contributed by atoms with E-state index in [1.807, 2.05) is 6.92 Å². The van der Waals surface area contributed by atoms with E-state index in [-0.39, 0.29) is 17.3 Å².